The van der Waals surface area contributed by atoms with E-state index < -0.39 is 10.2 Å². The van der Waals surface area contributed by atoms with Crippen molar-refractivity contribution in [3.8, 4) is 0 Å². The van der Waals surface area contributed by atoms with Gasteiger partial charge in [-0.3, -0.25) is 4.79 Å². The van der Waals surface area contributed by atoms with Crippen LogP contribution < -0.4 is 10.0 Å². The maximum Gasteiger partial charge on any atom is 0.310 e. The van der Waals surface area contributed by atoms with Gasteiger partial charge >= 0.3 is 5.97 Å². The molecule has 21 heavy (non-hydrogen) atoms. The zero-order valence-corrected chi connectivity index (χ0v) is 13.7. The molecule has 0 saturated carbocycles. The molecule has 1 rings (SSSR count). The lowest BCUT2D eigenvalue weighted by Crippen LogP contribution is -2.48. The minimum Gasteiger partial charge on any atom is -0.466 e. The van der Waals surface area contributed by atoms with Crippen molar-refractivity contribution in [2.45, 2.75) is 33.1 Å². The number of hydrogen-bond acceptors (Lipinski definition) is 5. The third-order valence-corrected chi connectivity index (χ3v) is 4.94. The highest BCUT2D eigenvalue weighted by atomic mass is 32.2. The van der Waals surface area contributed by atoms with Crippen molar-refractivity contribution in [2.24, 2.45) is 5.92 Å². The summed E-state index contributed by atoms with van der Waals surface area (Å²) < 4.78 is 33.2. The molecular formula is C13H27N3O4S. The van der Waals surface area contributed by atoms with E-state index in [1.807, 2.05) is 0 Å². The molecule has 1 aliphatic heterocycles. The Bertz CT molecular complexity index is 414. The number of carbonyl (C=O) groups excluding carboxylic acids is 1. The maximum atomic E-state index is 12.2. The van der Waals surface area contributed by atoms with Gasteiger partial charge in [-0.25, -0.2) is 4.72 Å². The molecule has 1 saturated heterocycles. The molecule has 2 N–H and O–H groups in total. The molecule has 1 fully saturated rings. The quantitative estimate of drug-likeness (QED) is 0.464. The molecule has 1 aliphatic rings. The van der Waals surface area contributed by atoms with Gasteiger partial charge in [0.05, 0.1) is 12.5 Å². The Balaban J connectivity index is 2.44. The van der Waals surface area contributed by atoms with Crippen LogP contribution in [0.4, 0.5) is 0 Å². The Kier molecular flexibility index (Phi) is 8.16. The minimum absolute atomic E-state index is 0.205. The average molecular weight is 321 g/mol. The minimum atomic E-state index is -3.52. The number of nitrogens with one attached hydrogen (secondary N) is 2. The smallest absolute Gasteiger partial charge is 0.310 e. The van der Waals surface area contributed by atoms with Gasteiger partial charge < -0.3 is 10.1 Å². The molecule has 0 aromatic rings. The van der Waals surface area contributed by atoms with Gasteiger partial charge in [0.2, 0.25) is 0 Å². The number of esters is 1. The number of carbonyl (C=O) groups is 1. The second kappa shape index (κ2) is 9.34. The molecule has 0 spiro atoms. The van der Waals surface area contributed by atoms with Crippen molar-refractivity contribution in [3.63, 3.8) is 0 Å². The Labute approximate surface area is 127 Å². The first-order valence-electron chi connectivity index (χ1n) is 7.63. The predicted molar refractivity (Wildman–Crippen MR) is 81.0 cm³/mol. The van der Waals surface area contributed by atoms with E-state index in [9.17, 15) is 13.2 Å². The van der Waals surface area contributed by atoms with Gasteiger partial charge in [-0.05, 0) is 32.7 Å². The fraction of sp³-hybridized carbons (Fsp3) is 0.923. The molecule has 0 bridgehead atoms. The van der Waals surface area contributed by atoms with Gasteiger partial charge in [0.15, 0.2) is 0 Å². The first-order chi connectivity index (χ1) is 10.0. The van der Waals surface area contributed by atoms with Gasteiger partial charge in [-0.15, -0.1) is 0 Å². The van der Waals surface area contributed by atoms with Gasteiger partial charge in [0, 0.05) is 26.2 Å². The van der Waals surface area contributed by atoms with Crippen LogP contribution in [0.2, 0.25) is 0 Å². The van der Waals surface area contributed by atoms with Crippen LogP contribution in [0, 0.1) is 5.92 Å². The first kappa shape index (κ1) is 18.3. The Hall–Kier alpha value is -0.700. The second-order valence-corrected chi connectivity index (χ2v) is 6.85. The molecule has 1 unspecified atom stereocenters. The SMILES string of the molecule is CCCNCCNS(=O)(=O)N1CCCC(C(=O)OCC)C1. The van der Waals surface area contributed by atoms with Crippen molar-refractivity contribution in [1.82, 2.24) is 14.3 Å². The van der Waals surface area contributed by atoms with E-state index >= 15 is 0 Å². The third-order valence-electron chi connectivity index (χ3n) is 3.36. The molecule has 0 aromatic heterocycles. The van der Waals surface area contributed by atoms with Crippen LogP contribution in [0.1, 0.15) is 33.1 Å². The van der Waals surface area contributed by atoms with E-state index in [0.717, 1.165) is 13.0 Å². The van der Waals surface area contributed by atoms with E-state index in [1.165, 1.54) is 4.31 Å². The van der Waals surface area contributed by atoms with Crippen LogP contribution in [0.5, 0.6) is 0 Å². The molecule has 0 radical (unpaired) electrons. The summed E-state index contributed by atoms with van der Waals surface area (Å²) in [6.45, 7) is 6.61. The highest BCUT2D eigenvalue weighted by molar-refractivity contribution is 7.87. The zero-order valence-electron chi connectivity index (χ0n) is 12.9. The second-order valence-electron chi connectivity index (χ2n) is 5.10. The standard InChI is InChI=1S/C13H27N3O4S/c1-3-7-14-8-9-15-21(18,19)16-10-5-6-12(11-16)13(17)20-4-2/h12,14-15H,3-11H2,1-2H3. The number of hydrogen-bond donors (Lipinski definition) is 2. The summed E-state index contributed by atoms with van der Waals surface area (Å²) in [6, 6.07) is 0. The monoisotopic (exact) mass is 321 g/mol. The summed E-state index contributed by atoms with van der Waals surface area (Å²) >= 11 is 0. The maximum absolute atomic E-state index is 12.2. The van der Waals surface area contributed by atoms with Crippen molar-refractivity contribution >= 4 is 16.2 Å². The summed E-state index contributed by atoms with van der Waals surface area (Å²) in [5, 5.41) is 3.13. The Morgan fingerprint density at radius 1 is 1.29 bits per heavy atom. The van der Waals surface area contributed by atoms with E-state index in [-0.39, 0.29) is 18.4 Å². The van der Waals surface area contributed by atoms with Crippen molar-refractivity contribution in [3.05, 3.63) is 0 Å². The molecular weight excluding hydrogens is 294 g/mol. The van der Waals surface area contributed by atoms with Gasteiger partial charge in [-0.1, -0.05) is 6.92 Å². The lowest BCUT2D eigenvalue weighted by atomic mass is 10.0. The fourth-order valence-corrected chi connectivity index (χ4v) is 3.56. The molecule has 8 heteroatoms. The third kappa shape index (κ3) is 6.29. The van der Waals surface area contributed by atoms with Crippen LogP contribution in [-0.2, 0) is 19.7 Å². The summed E-state index contributed by atoms with van der Waals surface area (Å²) in [6.07, 6.45) is 2.38. The van der Waals surface area contributed by atoms with Crippen LogP contribution >= 0.6 is 0 Å². The topological polar surface area (TPSA) is 87.7 Å². The van der Waals surface area contributed by atoms with E-state index in [0.29, 0.717) is 39.1 Å². The van der Waals surface area contributed by atoms with Gasteiger partial charge in [0.25, 0.3) is 10.2 Å². The fourth-order valence-electron chi connectivity index (χ4n) is 2.27. The van der Waals surface area contributed by atoms with E-state index in [4.69, 9.17) is 4.74 Å². The van der Waals surface area contributed by atoms with E-state index in [2.05, 4.69) is 17.0 Å². The number of piperidine rings is 1. The number of rotatable bonds is 9. The zero-order chi connectivity index (χ0) is 15.7. The predicted octanol–water partition coefficient (Wildman–Crippen LogP) is 0.0955. The normalized spacial score (nSPS) is 20.4. The summed E-state index contributed by atoms with van der Waals surface area (Å²) in [7, 11) is -3.52. The lowest BCUT2D eigenvalue weighted by Gasteiger charge is -2.30. The van der Waals surface area contributed by atoms with Crippen molar-refractivity contribution < 1.29 is 17.9 Å². The summed E-state index contributed by atoms with van der Waals surface area (Å²) in [4.78, 5) is 11.7. The number of ether oxygens (including phenoxy) is 1. The van der Waals surface area contributed by atoms with Crippen LogP contribution in [0.25, 0.3) is 0 Å². The summed E-state index contributed by atoms with van der Waals surface area (Å²) in [5.74, 6) is -0.657. The highest BCUT2D eigenvalue weighted by Gasteiger charge is 2.32. The van der Waals surface area contributed by atoms with Crippen molar-refractivity contribution in [1.29, 1.82) is 0 Å². The molecule has 7 nitrogen and oxygen atoms in total. The highest BCUT2D eigenvalue weighted by Crippen LogP contribution is 2.19. The van der Waals surface area contributed by atoms with Gasteiger partial charge in [0.1, 0.15) is 0 Å². The van der Waals surface area contributed by atoms with Crippen LogP contribution in [-0.4, -0.2) is 58.0 Å². The lowest BCUT2D eigenvalue weighted by molar-refractivity contribution is -0.149. The molecule has 1 heterocycles. The van der Waals surface area contributed by atoms with Crippen molar-refractivity contribution in [2.75, 3.05) is 39.3 Å². The summed E-state index contributed by atoms with van der Waals surface area (Å²) in [5.41, 5.74) is 0. The number of nitrogens with zero attached hydrogens (tertiary/aromatic N) is 1. The molecule has 124 valence electrons. The largest absolute Gasteiger partial charge is 0.466 e. The Morgan fingerprint density at radius 3 is 2.71 bits per heavy atom. The van der Waals surface area contributed by atoms with Crippen LogP contribution in [0.3, 0.4) is 0 Å². The first-order valence-corrected chi connectivity index (χ1v) is 9.07. The molecule has 0 aliphatic carbocycles. The molecule has 0 aromatic carbocycles. The van der Waals surface area contributed by atoms with Gasteiger partial charge in [-0.2, -0.15) is 12.7 Å². The molecule has 0 amide bonds. The Morgan fingerprint density at radius 2 is 2.05 bits per heavy atom. The molecule has 1 atom stereocenters. The van der Waals surface area contributed by atoms with E-state index in [1.54, 1.807) is 6.92 Å². The van der Waals surface area contributed by atoms with Crippen LogP contribution in [0.15, 0.2) is 0 Å². The average Bonchev–Trinajstić information content (AvgIpc) is 2.47.